The standard InChI is InChI=1S/C20H25NO3/c1-15-6-5-7-18(20(2,3)4)19(15)24-13-12-23-17-10-8-16(9-11-17)14-21-22/h5-11,14,22H,12-13H2,1-4H3. The van der Waals surface area contributed by atoms with Crippen molar-refractivity contribution in [1.29, 1.82) is 0 Å². The van der Waals surface area contributed by atoms with E-state index in [0.29, 0.717) is 13.2 Å². The normalized spacial score (nSPS) is 11.7. The highest BCUT2D eigenvalue weighted by Gasteiger charge is 2.20. The molecule has 0 aliphatic carbocycles. The van der Waals surface area contributed by atoms with Gasteiger partial charge in [-0.25, -0.2) is 0 Å². The largest absolute Gasteiger partial charge is 0.490 e. The Morgan fingerprint density at radius 2 is 1.67 bits per heavy atom. The molecule has 0 atom stereocenters. The van der Waals surface area contributed by atoms with Crippen LogP contribution in [0.15, 0.2) is 47.6 Å². The van der Waals surface area contributed by atoms with E-state index in [9.17, 15) is 0 Å². The predicted molar refractivity (Wildman–Crippen MR) is 96.7 cm³/mol. The summed E-state index contributed by atoms with van der Waals surface area (Å²) in [6.07, 6.45) is 1.37. The van der Waals surface area contributed by atoms with E-state index in [1.807, 2.05) is 24.3 Å². The lowest BCUT2D eigenvalue weighted by Crippen LogP contribution is -2.16. The quantitative estimate of drug-likeness (QED) is 0.366. The highest BCUT2D eigenvalue weighted by atomic mass is 16.5. The van der Waals surface area contributed by atoms with Gasteiger partial charge in [0.25, 0.3) is 0 Å². The molecule has 0 radical (unpaired) electrons. The summed E-state index contributed by atoms with van der Waals surface area (Å²) in [5.74, 6) is 1.71. The summed E-state index contributed by atoms with van der Waals surface area (Å²) in [6, 6.07) is 13.6. The van der Waals surface area contributed by atoms with E-state index in [4.69, 9.17) is 14.7 Å². The van der Waals surface area contributed by atoms with Crippen LogP contribution in [0.5, 0.6) is 11.5 Å². The molecule has 0 bridgehead atoms. The Morgan fingerprint density at radius 3 is 2.29 bits per heavy atom. The van der Waals surface area contributed by atoms with E-state index in [1.165, 1.54) is 11.8 Å². The van der Waals surface area contributed by atoms with E-state index < -0.39 is 0 Å². The monoisotopic (exact) mass is 327 g/mol. The van der Waals surface area contributed by atoms with Gasteiger partial charge >= 0.3 is 0 Å². The molecule has 0 aliphatic heterocycles. The molecule has 0 amide bonds. The second-order valence-corrected chi connectivity index (χ2v) is 6.71. The maximum atomic E-state index is 8.49. The molecule has 2 aromatic rings. The van der Waals surface area contributed by atoms with E-state index in [2.05, 4.69) is 51.0 Å². The number of rotatable bonds is 6. The minimum atomic E-state index is 0.0340. The molecule has 0 aromatic heterocycles. The lowest BCUT2D eigenvalue weighted by atomic mass is 9.85. The summed E-state index contributed by atoms with van der Waals surface area (Å²) in [6.45, 7) is 9.55. The molecule has 4 nitrogen and oxygen atoms in total. The van der Waals surface area contributed by atoms with Crippen LogP contribution in [0.4, 0.5) is 0 Å². The molecule has 0 spiro atoms. The maximum absolute atomic E-state index is 8.49. The Hall–Kier alpha value is -2.49. The van der Waals surface area contributed by atoms with Crippen molar-refractivity contribution < 1.29 is 14.7 Å². The average molecular weight is 327 g/mol. The Morgan fingerprint density at radius 1 is 1.00 bits per heavy atom. The fourth-order valence-electron chi connectivity index (χ4n) is 2.45. The van der Waals surface area contributed by atoms with Gasteiger partial charge < -0.3 is 14.7 Å². The first-order valence-electron chi connectivity index (χ1n) is 8.05. The number of hydrogen-bond acceptors (Lipinski definition) is 4. The molecule has 0 heterocycles. The SMILES string of the molecule is Cc1cccc(C(C)(C)C)c1OCCOc1ccc(C=NO)cc1. The van der Waals surface area contributed by atoms with Gasteiger partial charge in [0.1, 0.15) is 24.7 Å². The van der Waals surface area contributed by atoms with Crippen molar-refractivity contribution in [3.63, 3.8) is 0 Å². The van der Waals surface area contributed by atoms with Gasteiger partial charge in [0.15, 0.2) is 0 Å². The third kappa shape index (κ3) is 4.75. The van der Waals surface area contributed by atoms with Gasteiger partial charge in [-0.1, -0.05) is 44.1 Å². The summed E-state index contributed by atoms with van der Waals surface area (Å²) in [7, 11) is 0. The lowest BCUT2D eigenvalue weighted by molar-refractivity contribution is 0.213. The molecule has 24 heavy (non-hydrogen) atoms. The zero-order valence-electron chi connectivity index (χ0n) is 14.7. The van der Waals surface area contributed by atoms with Crippen molar-refractivity contribution in [1.82, 2.24) is 0 Å². The van der Waals surface area contributed by atoms with Crippen molar-refractivity contribution in [2.75, 3.05) is 13.2 Å². The Labute approximate surface area is 143 Å². The fourth-order valence-corrected chi connectivity index (χ4v) is 2.45. The molecule has 4 heteroatoms. The van der Waals surface area contributed by atoms with Crippen LogP contribution in [-0.4, -0.2) is 24.6 Å². The maximum Gasteiger partial charge on any atom is 0.126 e. The molecule has 0 aliphatic rings. The number of oxime groups is 1. The first kappa shape index (κ1) is 17.9. The van der Waals surface area contributed by atoms with Gasteiger partial charge in [-0.15, -0.1) is 0 Å². The van der Waals surface area contributed by atoms with Gasteiger partial charge in [0, 0.05) is 0 Å². The molecule has 0 saturated carbocycles. The molecule has 0 fully saturated rings. The van der Waals surface area contributed by atoms with Crippen molar-refractivity contribution in [3.05, 3.63) is 59.2 Å². The van der Waals surface area contributed by atoms with E-state index in [1.54, 1.807) is 0 Å². The van der Waals surface area contributed by atoms with Crippen molar-refractivity contribution >= 4 is 6.21 Å². The molecular formula is C20H25NO3. The van der Waals surface area contributed by atoms with Gasteiger partial charge in [-0.3, -0.25) is 0 Å². The summed E-state index contributed by atoms with van der Waals surface area (Å²) in [5.41, 5.74) is 3.19. The predicted octanol–water partition coefficient (Wildman–Crippen LogP) is 4.56. The minimum absolute atomic E-state index is 0.0340. The van der Waals surface area contributed by atoms with Gasteiger partial charge in [-0.2, -0.15) is 0 Å². The Balaban J connectivity index is 1.93. The van der Waals surface area contributed by atoms with Crippen LogP contribution in [0.1, 0.15) is 37.5 Å². The number of aryl methyl sites for hydroxylation is 1. The molecule has 2 rings (SSSR count). The molecule has 128 valence electrons. The van der Waals surface area contributed by atoms with E-state index in [0.717, 1.165) is 22.6 Å². The Kier molecular flexibility index (Phi) is 5.85. The smallest absolute Gasteiger partial charge is 0.126 e. The number of para-hydroxylation sites is 1. The Bertz CT molecular complexity index is 685. The first-order valence-corrected chi connectivity index (χ1v) is 8.05. The van der Waals surface area contributed by atoms with Crippen LogP contribution in [-0.2, 0) is 5.41 Å². The summed E-state index contributed by atoms with van der Waals surface area (Å²) < 4.78 is 11.7. The second-order valence-electron chi connectivity index (χ2n) is 6.71. The minimum Gasteiger partial charge on any atom is -0.490 e. The molecular weight excluding hydrogens is 302 g/mol. The van der Waals surface area contributed by atoms with Gasteiger partial charge in [-0.05, 0) is 53.3 Å². The zero-order valence-corrected chi connectivity index (χ0v) is 14.7. The highest BCUT2D eigenvalue weighted by molar-refractivity contribution is 5.79. The zero-order chi connectivity index (χ0) is 17.6. The second kappa shape index (κ2) is 7.86. The van der Waals surface area contributed by atoms with Crippen molar-refractivity contribution in [2.24, 2.45) is 5.16 Å². The number of nitrogens with zero attached hydrogens (tertiary/aromatic N) is 1. The molecule has 0 unspecified atom stereocenters. The van der Waals surface area contributed by atoms with Crippen molar-refractivity contribution in [2.45, 2.75) is 33.1 Å². The topological polar surface area (TPSA) is 51.0 Å². The summed E-state index contributed by atoms with van der Waals surface area (Å²) in [4.78, 5) is 0. The third-order valence-electron chi connectivity index (χ3n) is 3.71. The number of hydrogen-bond donors (Lipinski definition) is 1. The van der Waals surface area contributed by atoms with Gasteiger partial charge in [0.2, 0.25) is 0 Å². The number of ether oxygens (including phenoxy) is 2. The van der Waals surface area contributed by atoms with Crippen LogP contribution in [0.25, 0.3) is 0 Å². The molecule has 1 N–H and O–H groups in total. The van der Waals surface area contributed by atoms with Crippen LogP contribution in [0.2, 0.25) is 0 Å². The molecule has 2 aromatic carbocycles. The van der Waals surface area contributed by atoms with Crippen LogP contribution >= 0.6 is 0 Å². The van der Waals surface area contributed by atoms with Gasteiger partial charge in [0.05, 0.1) is 6.21 Å². The number of benzene rings is 2. The fraction of sp³-hybridized carbons (Fsp3) is 0.350. The average Bonchev–Trinajstić information content (AvgIpc) is 2.53. The van der Waals surface area contributed by atoms with Crippen LogP contribution in [0, 0.1) is 6.92 Å². The first-order chi connectivity index (χ1) is 11.4. The van der Waals surface area contributed by atoms with Crippen LogP contribution < -0.4 is 9.47 Å². The lowest BCUT2D eigenvalue weighted by Gasteiger charge is -2.24. The third-order valence-corrected chi connectivity index (χ3v) is 3.71. The van der Waals surface area contributed by atoms with E-state index >= 15 is 0 Å². The summed E-state index contributed by atoms with van der Waals surface area (Å²) in [5, 5.41) is 11.5. The van der Waals surface area contributed by atoms with Crippen LogP contribution in [0.3, 0.4) is 0 Å². The highest BCUT2D eigenvalue weighted by Crippen LogP contribution is 2.33. The summed E-state index contributed by atoms with van der Waals surface area (Å²) >= 11 is 0. The molecule has 0 saturated heterocycles. The van der Waals surface area contributed by atoms with Crippen molar-refractivity contribution in [3.8, 4) is 11.5 Å². The van der Waals surface area contributed by atoms with E-state index in [-0.39, 0.29) is 5.41 Å².